The fourth-order valence-corrected chi connectivity index (χ4v) is 4.29. The van der Waals surface area contributed by atoms with E-state index in [4.69, 9.17) is 15.2 Å². The average molecular weight is 501 g/mol. The van der Waals surface area contributed by atoms with E-state index in [0.717, 1.165) is 23.5 Å². The van der Waals surface area contributed by atoms with E-state index in [1.54, 1.807) is 20.3 Å². The third-order valence-electron chi connectivity index (χ3n) is 6.12. The van der Waals surface area contributed by atoms with Gasteiger partial charge in [0.2, 0.25) is 0 Å². The van der Waals surface area contributed by atoms with E-state index in [0.29, 0.717) is 29.4 Å². The third-order valence-corrected chi connectivity index (χ3v) is 6.12. The van der Waals surface area contributed by atoms with Crippen molar-refractivity contribution in [3.8, 4) is 22.8 Å². The summed E-state index contributed by atoms with van der Waals surface area (Å²) in [5, 5.41) is 0. The van der Waals surface area contributed by atoms with Gasteiger partial charge in [-0.2, -0.15) is 0 Å². The molecule has 0 saturated carbocycles. The Hall–Kier alpha value is -3.49. The topological polar surface area (TPSA) is 112 Å². The van der Waals surface area contributed by atoms with Gasteiger partial charge in [-0.25, -0.2) is 4.98 Å². The van der Waals surface area contributed by atoms with E-state index in [1.807, 2.05) is 59.5 Å². The number of carbonyl (C=O) groups is 1. The number of anilines is 2. The number of aromatic nitrogens is 1. The first-order valence-corrected chi connectivity index (χ1v) is 11.0. The standard InChI is InChI=1S/C26H30N4O3.ClH.H2O/c1-17-16-30(18(2)15-29(17)21-11-9-20(27)10-12-21)26(31)23-7-5-6-22(28-23)19-8-13-24(32-3)25(14-19)33-4;;/h5-14,17-18H,15-16,27H2,1-4H3;1H;1H2/t17-,18+;;/m0../s1. The van der Waals surface area contributed by atoms with E-state index < -0.39 is 0 Å². The Morgan fingerprint density at radius 1 is 0.943 bits per heavy atom. The highest BCUT2D eigenvalue weighted by Crippen LogP contribution is 2.32. The molecule has 0 bridgehead atoms. The van der Waals surface area contributed by atoms with Crippen molar-refractivity contribution in [2.75, 3.05) is 37.9 Å². The number of rotatable bonds is 5. The molecular formula is C26H33ClN4O4. The monoisotopic (exact) mass is 500 g/mol. The molecule has 0 unspecified atom stereocenters. The van der Waals surface area contributed by atoms with Crippen LogP contribution in [-0.4, -0.2) is 60.7 Å². The van der Waals surface area contributed by atoms with E-state index in [1.165, 1.54) is 0 Å². The molecule has 4 N–H and O–H groups in total. The zero-order chi connectivity index (χ0) is 23.5. The number of methoxy groups -OCH3 is 2. The van der Waals surface area contributed by atoms with Crippen LogP contribution in [-0.2, 0) is 0 Å². The molecule has 1 amide bonds. The number of benzene rings is 2. The lowest BCUT2D eigenvalue weighted by atomic mass is 10.1. The molecule has 4 rings (SSSR count). The van der Waals surface area contributed by atoms with Crippen LogP contribution in [0.5, 0.6) is 11.5 Å². The van der Waals surface area contributed by atoms with Gasteiger partial charge >= 0.3 is 0 Å². The Labute approximate surface area is 212 Å². The van der Waals surface area contributed by atoms with Crippen LogP contribution in [0.3, 0.4) is 0 Å². The molecule has 1 aliphatic rings. The second-order valence-corrected chi connectivity index (χ2v) is 8.38. The lowest BCUT2D eigenvalue weighted by Crippen LogP contribution is -2.58. The molecule has 0 aliphatic carbocycles. The lowest BCUT2D eigenvalue weighted by Gasteiger charge is -2.45. The Morgan fingerprint density at radius 2 is 1.63 bits per heavy atom. The van der Waals surface area contributed by atoms with Crippen LogP contribution in [0.15, 0.2) is 60.7 Å². The molecule has 188 valence electrons. The lowest BCUT2D eigenvalue weighted by molar-refractivity contribution is 0.0639. The Bertz CT molecular complexity index is 1140. The van der Waals surface area contributed by atoms with Gasteiger partial charge in [-0.15, -0.1) is 12.4 Å². The van der Waals surface area contributed by atoms with Gasteiger partial charge in [-0.05, 0) is 68.4 Å². The summed E-state index contributed by atoms with van der Waals surface area (Å²) in [6.45, 7) is 5.57. The van der Waals surface area contributed by atoms with E-state index in [9.17, 15) is 4.79 Å². The Kier molecular flexibility index (Phi) is 9.33. The number of pyridine rings is 1. The molecule has 9 heteroatoms. The maximum atomic E-state index is 13.4. The number of halogens is 1. The minimum absolute atomic E-state index is 0. The third kappa shape index (κ3) is 5.78. The summed E-state index contributed by atoms with van der Waals surface area (Å²) in [6, 6.07) is 19.2. The van der Waals surface area contributed by atoms with Crippen molar-refractivity contribution in [1.82, 2.24) is 9.88 Å². The molecular weight excluding hydrogens is 468 g/mol. The summed E-state index contributed by atoms with van der Waals surface area (Å²) in [7, 11) is 3.20. The molecule has 0 spiro atoms. The summed E-state index contributed by atoms with van der Waals surface area (Å²) in [6.07, 6.45) is 0. The Morgan fingerprint density at radius 3 is 2.29 bits per heavy atom. The van der Waals surface area contributed by atoms with Crippen molar-refractivity contribution in [2.24, 2.45) is 0 Å². The molecule has 2 heterocycles. The summed E-state index contributed by atoms with van der Waals surface area (Å²) in [5.74, 6) is 1.21. The van der Waals surface area contributed by atoms with Gasteiger partial charge < -0.3 is 30.5 Å². The molecule has 1 aromatic heterocycles. The first-order valence-electron chi connectivity index (χ1n) is 11.0. The molecule has 2 atom stereocenters. The van der Waals surface area contributed by atoms with Gasteiger partial charge in [0.15, 0.2) is 11.5 Å². The molecule has 1 fully saturated rings. The van der Waals surface area contributed by atoms with Gasteiger partial charge in [0.25, 0.3) is 5.91 Å². The van der Waals surface area contributed by atoms with Gasteiger partial charge in [0, 0.05) is 42.1 Å². The van der Waals surface area contributed by atoms with Crippen LogP contribution in [0.25, 0.3) is 11.3 Å². The smallest absolute Gasteiger partial charge is 0.272 e. The van der Waals surface area contributed by atoms with Crippen LogP contribution in [0.4, 0.5) is 11.4 Å². The van der Waals surface area contributed by atoms with Crippen molar-refractivity contribution in [3.63, 3.8) is 0 Å². The number of amides is 1. The predicted octanol–water partition coefficient (Wildman–Crippen LogP) is 3.68. The van der Waals surface area contributed by atoms with E-state index >= 15 is 0 Å². The van der Waals surface area contributed by atoms with Gasteiger partial charge in [0.05, 0.1) is 19.9 Å². The first-order chi connectivity index (χ1) is 15.9. The number of nitrogens with zero attached hydrogens (tertiary/aromatic N) is 3. The molecule has 2 aromatic carbocycles. The van der Waals surface area contributed by atoms with Crippen LogP contribution >= 0.6 is 12.4 Å². The highest BCUT2D eigenvalue weighted by atomic mass is 35.5. The molecule has 35 heavy (non-hydrogen) atoms. The van der Waals surface area contributed by atoms with Crippen LogP contribution in [0.2, 0.25) is 0 Å². The van der Waals surface area contributed by atoms with Crippen molar-refractivity contribution >= 4 is 29.7 Å². The SMILES string of the molecule is COc1ccc(-c2cccc(C(=O)N3C[C@H](C)N(c4ccc(N)cc4)C[C@H]3C)n2)cc1OC.Cl.O. The average Bonchev–Trinajstić information content (AvgIpc) is 2.85. The summed E-state index contributed by atoms with van der Waals surface area (Å²) in [4.78, 5) is 22.4. The fraction of sp³-hybridized carbons (Fsp3) is 0.308. The summed E-state index contributed by atoms with van der Waals surface area (Å²) < 4.78 is 10.7. The van der Waals surface area contributed by atoms with Crippen LogP contribution < -0.4 is 20.1 Å². The number of carbonyl (C=O) groups excluding carboxylic acids is 1. The largest absolute Gasteiger partial charge is 0.493 e. The quantitative estimate of drug-likeness (QED) is 0.535. The fourth-order valence-electron chi connectivity index (χ4n) is 4.29. The Balaban J connectivity index is 0.00000216. The molecule has 0 radical (unpaired) electrons. The zero-order valence-corrected chi connectivity index (χ0v) is 21.2. The summed E-state index contributed by atoms with van der Waals surface area (Å²) >= 11 is 0. The normalized spacial score (nSPS) is 17.1. The highest BCUT2D eigenvalue weighted by Gasteiger charge is 2.33. The number of hydrogen-bond donors (Lipinski definition) is 1. The first kappa shape index (κ1) is 27.8. The molecule has 1 aliphatic heterocycles. The van der Waals surface area contributed by atoms with E-state index in [-0.39, 0.29) is 35.9 Å². The van der Waals surface area contributed by atoms with Crippen molar-refractivity contribution in [3.05, 3.63) is 66.4 Å². The van der Waals surface area contributed by atoms with Gasteiger partial charge in [0.1, 0.15) is 5.69 Å². The van der Waals surface area contributed by atoms with Crippen molar-refractivity contribution in [2.45, 2.75) is 25.9 Å². The number of nitrogens with two attached hydrogens (primary N) is 1. The van der Waals surface area contributed by atoms with Crippen molar-refractivity contribution in [1.29, 1.82) is 0 Å². The van der Waals surface area contributed by atoms with Gasteiger partial charge in [-0.1, -0.05) is 6.07 Å². The highest BCUT2D eigenvalue weighted by molar-refractivity contribution is 5.93. The van der Waals surface area contributed by atoms with Crippen LogP contribution in [0, 0.1) is 0 Å². The van der Waals surface area contributed by atoms with Gasteiger partial charge in [-0.3, -0.25) is 4.79 Å². The number of nitrogen functional groups attached to an aromatic ring is 1. The van der Waals surface area contributed by atoms with Crippen LogP contribution in [0.1, 0.15) is 24.3 Å². The number of ether oxygens (including phenoxy) is 2. The minimum atomic E-state index is -0.0615. The maximum Gasteiger partial charge on any atom is 0.272 e. The maximum absolute atomic E-state index is 13.4. The second kappa shape index (κ2) is 11.8. The van der Waals surface area contributed by atoms with Crippen molar-refractivity contribution < 1.29 is 19.7 Å². The summed E-state index contributed by atoms with van der Waals surface area (Å²) in [5.41, 5.74) is 9.70. The van der Waals surface area contributed by atoms with E-state index in [2.05, 4.69) is 23.7 Å². The molecule has 3 aromatic rings. The second-order valence-electron chi connectivity index (χ2n) is 8.38. The minimum Gasteiger partial charge on any atom is -0.493 e. The molecule has 8 nitrogen and oxygen atoms in total. The molecule has 1 saturated heterocycles. The predicted molar refractivity (Wildman–Crippen MR) is 142 cm³/mol. The number of piperazine rings is 1. The zero-order valence-electron chi connectivity index (χ0n) is 20.4. The number of hydrogen-bond acceptors (Lipinski definition) is 6.